The van der Waals surface area contributed by atoms with E-state index in [0.29, 0.717) is 17.1 Å². The molecule has 2 N–H and O–H groups in total. The minimum atomic E-state index is -0.205. The first-order valence-corrected chi connectivity index (χ1v) is 8.90. The Labute approximate surface area is 162 Å². The van der Waals surface area contributed by atoms with Gasteiger partial charge in [-0.05, 0) is 55.5 Å². The molecule has 0 radical (unpaired) electrons. The zero-order valence-corrected chi connectivity index (χ0v) is 15.3. The first-order valence-electron chi connectivity index (χ1n) is 8.90. The third kappa shape index (κ3) is 3.76. The second-order valence-electron chi connectivity index (χ2n) is 6.27. The zero-order valence-electron chi connectivity index (χ0n) is 15.3. The number of carbonyl (C=O) groups is 1. The van der Waals surface area contributed by atoms with Crippen molar-refractivity contribution in [2.24, 2.45) is 0 Å². The highest BCUT2D eigenvalue weighted by Gasteiger charge is 2.15. The van der Waals surface area contributed by atoms with Crippen LogP contribution in [-0.4, -0.2) is 20.7 Å². The molecule has 0 aliphatic rings. The number of para-hydroxylation sites is 1. The fourth-order valence-electron chi connectivity index (χ4n) is 2.87. The molecule has 0 fully saturated rings. The molecule has 0 saturated carbocycles. The van der Waals surface area contributed by atoms with E-state index in [4.69, 9.17) is 0 Å². The number of hydrogen-bond donors (Lipinski definition) is 2. The van der Waals surface area contributed by atoms with Gasteiger partial charge in [0.2, 0.25) is 0 Å². The minimum absolute atomic E-state index is 0.205. The van der Waals surface area contributed by atoms with Crippen LogP contribution in [0.2, 0.25) is 0 Å². The summed E-state index contributed by atoms with van der Waals surface area (Å²) in [5, 5.41) is 10.5. The van der Waals surface area contributed by atoms with Crippen molar-refractivity contribution in [1.29, 1.82) is 0 Å². The van der Waals surface area contributed by atoms with Gasteiger partial charge >= 0.3 is 0 Å². The number of carbonyl (C=O) groups excluding carboxylic acids is 1. The van der Waals surface area contributed by atoms with Gasteiger partial charge in [-0.15, -0.1) is 0 Å². The van der Waals surface area contributed by atoms with E-state index in [-0.39, 0.29) is 5.91 Å². The summed E-state index contributed by atoms with van der Waals surface area (Å²) < 4.78 is 1.65. The van der Waals surface area contributed by atoms with Gasteiger partial charge in [-0.3, -0.25) is 4.79 Å². The number of amides is 1. The summed E-state index contributed by atoms with van der Waals surface area (Å²) in [6, 6.07) is 23.1. The largest absolute Gasteiger partial charge is 0.356 e. The lowest BCUT2D eigenvalue weighted by Crippen LogP contribution is -2.13. The predicted octanol–water partition coefficient (Wildman–Crippen LogP) is 4.57. The van der Waals surface area contributed by atoms with Crippen LogP contribution in [0.15, 0.2) is 85.2 Å². The molecule has 138 valence electrons. The van der Waals surface area contributed by atoms with E-state index in [1.54, 1.807) is 17.1 Å². The molecule has 1 amide bonds. The molecule has 0 aliphatic heterocycles. The van der Waals surface area contributed by atoms with Crippen molar-refractivity contribution in [2.45, 2.75) is 6.92 Å². The zero-order chi connectivity index (χ0) is 19.3. The monoisotopic (exact) mass is 369 g/mol. The Morgan fingerprint density at radius 3 is 2.25 bits per heavy atom. The maximum absolute atomic E-state index is 12.7. The number of hydrogen-bond acceptors (Lipinski definition) is 4. The SMILES string of the molecule is Cc1c(C(=O)Nc2ccc(Nc3ccccc3)cc2)cnn1-c1ccccn1. The highest BCUT2D eigenvalue weighted by Crippen LogP contribution is 2.20. The number of benzene rings is 2. The molecule has 0 spiro atoms. The Kier molecular flexibility index (Phi) is 4.84. The van der Waals surface area contributed by atoms with Gasteiger partial charge in [-0.25, -0.2) is 9.67 Å². The highest BCUT2D eigenvalue weighted by atomic mass is 16.1. The highest BCUT2D eigenvalue weighted by molar-refractivity contribution is 6.05. The van der Waals surface area contributed by atoms with E-state index in [0.717, 1.165) is 17.1 Å². The molecule has 0 aliphatic carbocycles. The Morgan fingerprint density at radius 1 is 0.857 bits per heavy atom. The van der Waals surface area contributed by atoms with Gasteiger partial charge in [-0.1, -0.05) is 24.3 Å². The summed E-state index contributed by atoms with van der Waals surface area (Å²) in [6.45, 7) is 1.85. The van der Waals surface area contributed by atoms with E-state index in [1.165, 1.54) is 0 Å². The third-order valence-corrected chi connectivity index (χ3v) is 4.33. The second-order valence-corrected chi connectivity index (χ2v) is 6.27. The lowest BCUT2D eigenvalue weighted by molar-refractivity contribution is 0.102. The summed E-state index contributed by atoms with van der Waals surface area (Å²) in [7, 11) is 0. The van der Waals surface area contributed by atoms with Gasteiger partial charge in [0.1, 0.15) is 0 Å². The van der Waals surface area contributed by atoms with Crippen LogP contribution in [0.5, 0.6) is 0 Å². The second kappa shape index (κ2) is 7.75. The predicted molar refractivity (Wildman–Crippen MR) is 110 cm³/mol. The van der Waals surface area contributed by atoms with Crippen LogP contribution in [0, 0.1) is 6.92 Å². The fourth-order valence-corrected chi connectivity index (χ4v) is 2.87. The maximum atomic E-state index is 12.7. The van der Waals surface area contributed by atoms with Crippen molar-refractivity contribution in [3.8, 4) is 5.82 Å². The molecule has 0 atom stereocenters. The number of nitrogens with one attached hydrogen (secondary N) is 2. The number of anilines is 3. The van der Waals surface area contributed by atoms with Crippen LogP contribution >= 0.6 is 0 Å². The summed E-state index contributed by atoms with van der Waals surface area (Å²) in [5.41, 5.74) is 3.92. The Hall–Kier alpha value is -3.93. The standard InChI is InChI=1S/C22H19N5O/c1-16-20(15-24-27(16)21-9-5-6-14-23-21)22(28)26-19-12-10-18(11-13-19)25-17-7-3-2-4-8-17/h2-15,25H,1H3,(H,26,28). The van der Waals surface area contributed by atoms with Gasteiger partial charge in [0.25, 0.3) is 5.91 Å². The van der Waals surface area contributed by atoms with Crippen molar-refractivity contribution < 1.29 is 4.79 Å². The lowest BCUT2D eigenvalue weighted by atomic mass is 10.2. The van der Waals surface area contributed by atoms with E-state index in [1.807, 2.05) is 79.7 Å². The summed E-state index contributed by atoms with van der Waals surface area (Å²) >= 11 is 0. The average molecular weight is 369 g/mol. The van der Waals surface area contributed by atoms with Crippen molar-refractivity contribution in [3.63, 3.8) is 0 Å². The van der Waals surface area contributed by atoms with Crippen LogP contribution in [0.4, 0.5) is 17.1 Å². The molecule has 4 aromatic rings. The quantitative estimate of drug-likeness (QED) is 0.540. The van der Waals surface area contributed by atoms with Crippen LogP contribution in [0.25, 0.3) is 5.82 Å². The Morgan fingerprint density at radius 2 is 1.54 bits per heavy atom. The van der Waals surface area contributed by atoms with Gasteiger partial charge < -0.3 is 10.6 Å². The molecule has 2 aromatic carbocycles. The number of pyridine rings is 1. The topological polar surface area (TPSA) is 71.8 Å². The number of rotatable bonds is 5. The molecule has 0 bridgehead atoms. The summed E-state index contributed by atoms with van der Waals surface area (Å²) in [6.07, 6.45) is 3.26. The fraction of sp³-hybridized carbons (Fsp3) is 0.0455. The summed E-state index contributed by atoms with van der Waals surface area (Å²) in [5.74, 6) is 0.471. The number of aromatic nitrogens is 3. The molecule has 28 heavy (non-hydrogen) atoms. The van der Waals surface area contributed by atoms with Gasteiger partial charge in [0.15, 0.2) is 5.82 Å². The van der Waals surface area contributed by atoms with Crippen LogP contribution in [-0.2, 0) is 0 Å². The van der Waals surface area contributed by atoms with Gasteiger partial charge in [0.05, 0.1) is 17.5 Å². The van der Waals surface area contributed by atoms with E-state index in [2.05, 4.69) is 20.7 Å². The van der Waals surface area contributed by atoms with Crippen molar-refractivity contribution in [1.82, 2.24) is 14.8 Å². The molecular weight excluding hydrogens is 350 g/mol. The van der Waals surface area contributed by atoms with Gasteiger partial charge in [0, 0.05) is 23.3 Å². The maximum Gasteiger partial charge on any atom is 0.259 e. The van der Waals surface area contributed by atoms with Crippen LogP contribution < -0.4 is 10.6 Å². The van der Waals surface area contributed by atoms with Crippen molar-refractivity contribution in [3.05, 3.63) is 96.4 Å². The first-order chi connectivity index (χ1) is 13.7. The molecule has 4 rings (SSSR count). The molecule has 6 heteroatoms. The first kappa shape index (κ1) is 17.5. The van der Waals surface area contributed by atoms with Gasteiger partial charge in [-0.2, -0.15) is 5.10 Å². The molecular formula is C22H19N5O. The Balaban J connectivity index is 1.46. The summed E-state index contributed by atoms with van der Waals surface area (Å²) in [4.78, 5) is 16.9. The smallest absolute Gasteiger partial charge is 0.259 e. The number of nitrogens with zero attached hydrogens (tertiary/aromatic N) is 3. The Bertz CT molecular complexity index is 1070. The van der Waals surface area contributed by atoms with Crippen molar-refractivity contribution in [2.75, 3.05) is 10.6 Å². The van der Waals surface area contributed by atoms with E-state index >= 15 is 0 Å². The molecule has 2 aromatic heterocycles. The lowest BCUT2D eigenvalue weighted by Gasteiger charge is -2.09. The molecule has 2 heterocycles. The normalized spacial score (nSPS) is 10.5. The average Bonchev–Trinajstić information content (AvgIpc) is 3.12. The molecule has 0 unspecified atom stereocenters. The minimum Gasteiger partial charge on any atom is -0.356 e. The van der Waals surface area contributed by atoms with E-state index < -0.39 is 0 Å². The van der Waals surface area contributed by atoms with Crippen LogP contribution in [0.3, 0.4) is 0 Å². The van der Waals surface area contributed by atoms with Crippen molar-refractivity contribution >= 4 is 23.0 Å². The third-order valence-electron chi connectivity index (χ3n) is 4.33. The molecule has 0 saturated heterocycles. The van der Waals surface area contributed by atoms with E-state index in [9.17, 15) is 4.79 Å². The van der Waals surface area contributed by atoms with Crippen LogP contribution in [0.1, 0.15) is 16.1 Å². The molecule has 6 nitrogen and oxygen atoms in total.